The summed E-state index contributed by atoms with van der Waals surface area (Å²) in [5.41, 5.74) is 2.58. The maximum atomic E-state index is 12.1. The van der Waals surface area contributed by atoms with Crippen molar-refractivity contribution in [1.82, 2.24) is 0 Å². The molecule has 0 saturated heterocycles. The van der Waals surface area contributed by atoms with E-state index in [0.29, 0.717) is 0 Å². The molecule has 0 spiro atoms. The Bertz CT molecular complexity index is 645. The van der Waals surface area contributed by atoms with E-state index in [1.165, 1.54) is 5.56 Å². The molecule has 22 heavy (non-hydrogen) atoms. The van der Waals surface area contributed by atoms with Crippen molar-refractivity contribution in [1.29, 1.82) is 0 Å². The average Bonchev–Trinajstić information content (AvgIpc) is 2.53. The van der Waals surface area contributed by atoms with Crippen LogP contribution in [-0.2, 0) is 16.4 Å². The molecular weight excluding hydrogens is 290 g/mol. The second kappa shape index (κ2) is 7.50. The van der Waals surface area contributed by atoms with Gasteiger partial charge in [-0.05, 0) is 42.9 Å². The van der Waals surface area contributed by atoms with Crippen LogP contribution in [0.1, 0.15) is 37.8 Å². The Balaban J connectivity index is 1.90. The molecule has 2 aromatic rings. The first-order valence-corrected chi connectivity index (χ1v) is 8.66. The smallest absolute Gasteiger partial charge is 0.172 e. The zero-order valence-electron chi connectivity index (χ0n) is 13.5. The number of rotatable bonds is 6. The van der Waals surface area contributed by atoms with Crippen LogP contribution in [0, 0.1) is 6.92 Å². The highest BCUT2D eigenvalue weighted by Crippen LogP contribution is 2.27. The first-order chi connectivity index (χ1) is 10.5. The van der Waals surface area contributed by atoms with Crippen LogP contribution in [0.25, 0.3) is 0 Å². The lowest BCUT2D eigenvalue weighted by Crippen LogP contribution is -2.16. The van der Waals surface area contributed by atoms with Crippen LogP contribution in [0.3, 0.4) is 0 Å². The maximum Gasteiger partial charge on any atom is 0.172 e. The van der Waals surface area contributed by atoms with E-state index < -0.39 is 11.0 Å². The molecule has 3 heteroatoms. The Labute approximate surface area is 135 Å². The van der Waals surface area contributed by atoms with Gasteiger partial charge in [0.05, 0.1) is 4.90 Å². The molecule has 2 nitrogen and oxygen atoms in total. The molecule has 0 aliphatic rings. The molecule has 0 N–H and O–H groups in total. The molecule has 0 aliphatic carbocycles. The van der Waals surface area contributed by atoms with Crippen LogP contribution in [0.15, 0.2) is 63.9 Å². The maximum absolute atomic E-state index is 12.1. The van der Waals surface area contributed by atoms with E-state index in [-0.39, 0.29) is 5.41 Å². The fourth-order valence-electron chi connectivity index (χ4n) is 2.30. The number of hydrogen-bond donors (Lipinski definition) is 0. The minimum Gasteiger partial charge on any atom is -0.230 e. The van der Waals surface area contributed by atoms with Crippen LogP contribution < -0.4 is 0 Å². The number of aryl methyl sites for hydroxylation is 1. The van der Waals surface area contributed by atoms with E-state index in [0.717, 1.165) is 23.3 Å². The van der Waals surface area contributed by atoms with E-state index in [2.05, 4.69) is 42.5 Å². The molecule has 0 heterocycles. The van der Waals surface area contributed by atoms with E-state index in [1.54, 1.807) is 6.21 Å². The Morgan fingerprint density at radius 1 is 1.05 bits per heavy atom. The van der Waals surface area contributed by atoms with Crippen molar-refractivity contribution in [3.05, 3.63) is 65.7 Å². The van der Waals surface area contributed by atoms with Crippen molar-refractivity contribution in [3.8, 4) is 0 Å². The summed E-state index contributed by atoms with van der Waals surface area (Å²) in [6.07, 6.45) is 3.59. The van der Waals surface area contributed by atoms with E-state index in [4.69, 9.17) is 0 Å². The Morgan fingerprint density at radius 2 is 1.68 bits per heavy atom. The van der Waals surface area contributed by atoms with Crippen molar-refractivity contribution in [3.63, 3.8) is 0 Å². The summed E-state index contributed by atoms with van der Waals surface area (Å²) in [6, 6.07) is 18.1. The van der Waals surface area contributed by atoms with Crippen LogP contribution in [-0.4, -0.2) is 10.4 Å². The number of hydrogen-bond acceptors (Lipinski definition) is 1. The Kier molecular flexibility index (Phi) is 5.67. The van der Waals surface area contributed by atoms with Gasteiger partial charge in [-0.2, -0.15) is 4.40 Å². The normalized spacial score (nSPS) is 13.4. The quantitative estimate of drug-likeness (QED) is 0.701. The third kappa shape index (κ3) is 4.63. The number of nitrogens with zero attached hydrogens (tertiary/aromatic N) is 1. The van der Waals surface area contributed by atoms with Crippen molar-refractivity contribution in [2.24, 2.45) is 4.40 Å². The second-order valence-corrected chi connectivity index (χ2v) is 7.32. The van der Waals surface area contributed by atoms with Crippen molar-refractivity contribution in [2.75, 3.05) is 0 Å². The molecule has 0 unspecified atom stereocenters. The lowest BCUT2D eigenvalue weighted by atomic mass is 9.81. The van der Waals surface area contributed by atoms with E-state index in [1.807, 2.05) is 37.3 Å². The van der Waals surface area contributed by atoms with Crippen LogP contribution in [0.5, 0.6) is 0 Å². The molecule has 2 rings (SSSR count). The summed E-state index contributed by atoms with van der Waals surface area (Å²) < 4.78 is 16.2. The zero-order chi connectivity index (χ0) is 16.0. The minimum absolute atomic E-state index is 0.0959. The predicted molar refractivity (Wildman–Crippen MR) is 94.8 cm³/mol. The molecule has 0 fully saturated rings. The standard InChI is InChI=1S/C19H23NOS/c1-16-10-12-18(13-11-16)22(21)20-15-7-14-19(2,3)17-8-5-4-6-9-17/h4-6,8-13,15H,7,14H2,1-3H3/t22-/m0/s1. The van der Waals surface area contributed by atoms with Crippen LogP contribution in [0.4, 0.5) is 0 Å². The highest BCUT2D eigenvalue weighted by molar-refractivity contribution is 7.83. The van der Waals surface area contributed by atoms with E-state index >= 15 is 0 Å². The fourth-order valence-corrected chi connectivity index (χ4v) is 3.03. The predicted octanol–water partition coefficient (Wildman–Crippen LogP) is 4.85. The largest absolute Gasteiger partial charge is 0.230 e. The van der Waals surface area contributed by atoms with Crippen molar-refractivity contribution < 1.29 is 4.21 Å². The highest BCUT2D eigenvalue weighted by atomic mass is 32.2. The fraction of sp³-hybridized carbons (Fsp3) is 0.316. The Morgan fingerprint density at radius 3 is 2.32 bits per heavy atom. The molecule has 2 aromatic carbocycles. The minimum atomic E-state index is -1.29. The summed E-state index contributed by atoms with van der Waals surface area (Å²) in [4.78, 5) is 0.754. The van der Waals surface area contributed by atoms with Crippen molar-refractivity contribution >= 4 is 17.2 Å². The third-order valence-electron chi connectivity index (χ3n) is 3.85. The van der Waals surface area contributed by atoms with Gasteiger partial charge < -0.3 is 0 Å². The summed E-state index contributed by atoms with van der Waals surface area (Å²) in [5, 5.41) is 0. The molecule has 0 aromatic heterocycles. The Hall–Kier alpha value is -1.74. The van der Waals surface area contributed by atoms with Gasteiger partial charge in [0.2, 0.25) is 0 Å². The molecule has 0 amide bonds. The van der Waals surface area contributed by atoms with Gasteiger partial charge >= 0.3 is 0 Å². The molecular formula is C19H23NOS. The zero-order valence-corrected chi connectivity index (χ0v) is 14.3. The van der Waals surface area contributed by atoms with Gasteiger partial charge in [-0.25, -0.2) is 4.21 Å². The first-order valence-electron chi connectivity index (χ1n) is 7.56. The van der Waals surface area contributed by atoms with Crippen LogP contribution >= 0.6 is 0 Å². The van der Waals surface area contributed by atoms with Gasteiger partial charge in [-0.1, -0.05) is 61.9 Å². The summed E-state index contributed by atoms with van der Waals surface area (Å²) in [5.74, 6) is 0. The van der Waals surface area contributed by atoms with Gasteiger partial charge in [0.1, 0.15) is 0 Å². The topological polar surface area (TPSA) is 29.4 Å². The van der Waals surface area contributed by atoms with Gasteiger partial charge in [-0.15, -0.1) is 0 Å². The lowest BCUT2D eigenvalue weighted by Gasteiger charge is -2.24. The molecule has 116 valence electrons. The molecule has 0 saturated carbocycles. The molecule has 1 atom stereocenters. The van der Waals surface area contributed by atoms with E-state index in [9.17, 15) is 4.21 Å². The van der Waals surface area contributed by atoms with Crippen molar-refractivity contribution in [2.45, 2.75) is 43.9 Å². The number of benzene rings is 2. The summed E-state index contributed by atoms with van der Waals surface area (Å²) >= 11 is 0. The highest BCUT2D eigenvalue weighted by Gasteiger charge is 2.18. The average molecular weight is 313 g/mol. The molecule has 0 bridgehead atoms. The SMILES string of the molecule is Cc1ccc([S@](=O)N=CCCC(C)(C)c2ccccc2)cc1. The molecule has 0 aliphatic heterocycles. The monoisotopic (exact) mass is 313 g/mol. The van der Waals surface area contributed by atoms with Crippen LogP contribution in [0.2, 0.25) is 0 Å². The van der Waals surface area contributed by atoms with Gasteiger partial charge in [0.15, 0.2) is 11.0 Å². The molecule has 0 radical (unpaired) electrons. The summed E-state index contributed by atoms with van der Waals surface area (Å²) in [6.45, 7) is 6.47. The van der Waals surface area contributed by atoms with Gasteiger partial charge in [0.25, 0.3) is 0 Å². The lowest BCUT2D eigenvalue weighted by molar-refractivity contribution is 0.493. The third-order valence-corrected chi connectivity index (χ3v) is 4.86. The second-order valence-electron chi connectivity index (χ2n) is 6.14. The van der Waals surface area contributed by atoms with Gasteiger partial charge in [0, 0.05) is 6.21 Å². The summed E-state index contributed by atoms with van der Waals surface area (Å²) in [7, 11) is -1.29. The first kappa shape index (κ1) is 16.6. The van der Waals surface area contributed by atoms with Gasteiger partial charge in [-0.3, -0.25) is 0 Å².